The van der Waals surface area contributed by atoms with Crippen LogP contribution >= 0.6 is 0 Å². The summed E-state index contributed by atoms with van der Waals surface area (Å²) in [5.74, 6) is 0. The molecule has 0 aliphatic heterocycles. The minimum absolute atomic E-state index is 0.525. The first-order chi connectivity index (χ1) is 3.39. The van der Waals surface area contributed by atoms with Crippen LogP contribution in [0, 0.1) is 0 Å². The zero-order chi connectivity index (χ0) is 5.11. The first-order valence-corrected chi connectivity index (χ1v) is 1.65. The smallest absolute Gasteiger partial charge is 0.310 e. The van der Waals surface area contributed by atoms with Crippen LogP contribution in [0.25, 0.3) is 0 Å². The zero-order valence-corrected chi connectivity index (χ0v) is 3.37. The number of rotatable bonds is 0. The average Bonchev–Trinajstić information content (AvgIpc) is 1.69. The highest BCUT2D eigenvalue weighted by molar-refractivity contribution is 4.58. The SMILES string of the molecule is O=c1cncno1. The minimum atomic E-state index is -0.525. The van der Waals surface area contributed by atoms with Crippen molar-refractivity contribution in [3.05, 3.63) is 22.9 Å². The van der Waals surface area contributed by atoms with Gasteiger partial charge in [0.25, 0.3) is 0 Å². The van der Waals surface area contributed by atoms with E-state index in [2.05, 4.69) is 14.7 Å². The molecule has 1 aromatic rings. The van der Waals surface area contributed by atoms with Gasteiger partial charge in [0.2, 0.25) is 0 Å². The molecule has 0 unspecified atom stereocenters. The lowest BCUT2D eigenvalue weighted by molar-refractivity contribution is 0.361. The zero-order valence-electron chi connectivity index (χ0n) is 3.37. The maximum absolute atomic E-state index is 9.98. The van der Waals surface area contributed by atoms with E-state index in [0.717, 1.165) is 12.5 Å². The lowest BCUT2D eigenvalue weighted by atomic mass is 10.9. The second-order valence-corrected chi connectivity index (χ2v) is 0.909. The molecule has 0 aromatic carbocycles. The lowest BCUT2D eigenvalue weighted by Gasteiger charge is -1.70. The van der Waals surface area contributed by atoms with E-state index >= 15 is 0 Å². The molecule has 0 amide bonds. The summed E-state index contributed by atoms with van der Waals surface area (Å²) < 4.78 is 4.06. The molecule has 4 nitrogen and oxygen atoms in total. The van der Waals surface area contributed by atoms with Gasteiger partial charge in [-0.25, -0.2) is 9.78 Å². The van der Waals surface area contributed by atoms with Crippen LogP contribution in [0.3, 0.4) is 0 Å². The van der Waals surface area contributed by atoms with Crippen molar-refractivity contribution in [1.82, 2.24) is 10.1 Å². The molecular weight excluding hydrogens is 96.0 g/mol. The molecular formula is C3H2N2O2. The predicted octanol–water partition coefficient (Wildman–Crippen LogP) is -0.570. The topological polar surface area (TPSA) is 56.0 Å². The molecule has 0 atom stereocenters. The van der Waals surface area contributed by atoms with E-state index in [1.807, 2.05) is 0 Å². The molecule has 36 valence electrons. The van der Waals surface area contributed by atoms with Crippen molar-refractivity contribution < 1.29 is 4.52 Å². The van der Waals surface area contributed by atoms with E-state index < -0.39 is 5.63 Å². The van der Waals surface area contributed by atoms with Crippen molar-refractivity contribution in [2.45, 2.75) is 0 Å². The van der Waals surface area contributed by atoms with Gasteiger partial charge in [0.05, 0.1) is 0 Å². The molecule has 0 aliphatic rings. The van der Waals surface area contributed by atoms with Crippen LogP contribution in [0.5, 0.6) is 0 Å². The van der Waals surface area contributed by atoms with Crippen molar-refractivity contribution in [3.63, 3.8) is 0 Å². The first kappa shape index (κ1) is 3.98. The number of aromatic nitrogens is 2. The Bertz CT molecular complexity index is 177. The van der Waals surface area contributed by atoms with E-state index in [1.54, 1.807) is 0 Å². The van der Waals surface area contributed by atoms with Gasteiger partial charge < -0.3 is 4.52 Å². The Morgan fingerprint density at radius 2 is 2.57 bits per heavy atom. The van der Waals surface area contributed by atoms with E-state index in [1.165, 1.54) is 0 Å². The van der Waals surface area contributed by atoms with Crippen LogP contribution < -0.4 is 5.63 Å². The molecule has 1 rings (SSSR count). The summed E-state index contributed by atoms with van der Waals surface area (Å²) in [7, 11) is 0. The summed E-state index contributed by atoms with van der Waals surface area (Å²) in [6.45, 7) is 0. The van der Waals surface area contributed by atoms with Gasteiger partial charge in [-0.05, 0) is 0 Å². The minimum Gasteiger partial charge on any atom is -0.310 e. The molecule has 1 aromatic heterocycles. The van der Waals surface area contributed by atoms with E-state index in [-0.39, 0.29) is 0 Å². The number of hydrogen-bond acceptors (Lipinski definition) is 4. The van der Waals surface area contributed by atoms with Crippen LogP contribution in [0.1, 0.15) is 0 Å². The Morgan fingerprint density at radius 3 is 2.86 bits per heavy atom. The molecule has 0 aliphatic carbocycles. The van der Waals surface area contributed by atoms with Crippen LogP contribution in [-0.2, 0) is 0 Å². The quantitative estimate of drug-likeness (QED) is 0.436. The van der Waals surface area contributed by atoms with Crippen LogP contribution in [0.15, 0.2) is 21.8 Å². The molecule has 7 heavy (non-hydrogen) atoms. The molecule has 0 spiro atoms. The number of hydrogen-bond donors (Lipinski definition) is 0. The Morgan fingerprint density at radius 1 is 1.71 bits per heavy atom. The first-order valence-electron chi connectivity index (χ1n) is 1.65. The third-order valence-electron chi connectivity index (χ3n) is 0.436. The Kier molecular flexibility index (Phi) is 0.856. The molecule has 0 bridgehead atoms. The summed E-state index contributed by atoms with van der Waals surface area (Å²) in [5, 5.41) is 3.09. The Hall–Kier alpha value is -1.19. The second-order valence-electron chi connectivity index (χ2n) is 0.909. The largest absolute Gasteiger partial charge is 0.376 e. The van der Waals surface area contributed by atoms with E-state index in [9.17, 15) is 4.79 Å². The van der Waals surface area contributed by atoms with E-state index in [0.29, 0.717) is 0 Å². The lowest BCUT2D eigenvalue weighted by Crippen LogP contribution is -1.96. The summed E-state index contributed by atoms with van der Waals surface area (Å²) in [6, 6.07) is 0. The molecule has 0 radical (unpaired) electrons. The van der Waals surface area contributed by atoms with Crippen LogP contribution in [0.2, 0.25) is 0 Å². The van der Waals surface area contributed by atoms with Crippen LogP contribution in [-0.4, -0.2) is 10.1 Å². The molecule has 0 N–H and O–H groups in total. The van der Waals surface area contributed by atoms with Gasteiger partial charge in [-0.3, -0.25) is 0 Å². The highest BCUT2D eigenvalue weighted by Gasteiger charge is 1.75. The van der Waals surface area contributed by atoms with Crippen LogP contribution in [0.4, 0.5) is 0 Å². The van der Waals surface area contributed by atoms with Gasteiger partial charge in [-0.1, -0.05) is 5.16 Å². The predicted molar refractivity (Wildman–Crippen MR) is 20.6 cm³/mol. The number of nitrogens with zero attached hydrogens (tertiary/aromatic N) is 2. The highest BCUT2D eigenvalue weighted by atomic mass is 16.5. The van der Waals surface area contributed by atoms with Gasteiger partial charge in [0.1, 0.15) is 6.20 Å². The van der Waals surface area contributed by atoms with Gasteiger partial charge in [0, 0.05) is 0 Å². The normalized spacial score (nSPS) is 8.57. The maximum Gasteiger partial charge on any atom is 0.376 e. The van der Waals surface area contributed by atoms with Gasteiger partial charge in [-0.15, -0.1) is 0 Å². The summed E-state index contributed by atoms with van der Waals surface area (Å²) in [4.78, 5) is 13.3. The molecule has 4 heteroatoms. The Labute approximate surface area is 38.8 Å². The van der Waals surface area contributed by atoms with Crippen molar-refractivity contribution in [2.75, 3.05) is 0 Å². The van der Waals surface area contributed by atoms with Gasteiger partial charge in [0.15, 0.2) is 6.33 Å². The summed E-state index contributed by atoms with van der Waals surface area (Å²) >= 11 is 0. The van der Waals surface area contributed by atoms with Crippen molar-refractivity contribution in [3.8, 4) is 0 Å². The van der Waals surface area contributed by atoms with Crippen molar-refractivity contribution in [1.29, 1.82) is 0 Å². The standard InChI is InChI=1S/C3H2N2O2/c6-3-1-4-2-5-7-3/h1-2H. The molecule has 0 saturated heterocycles. The fourth-order valence-electron chi connectivity index (χ4n) is 0.220. The van der Waals surface area contributed by atoms with Crippen molar-refractivity contribution in [2.24, 2.45) is 0 Å². The molecule has 0 fully saturated rings. The van der Waals surface area contributed by atoms with Crippen molar-refractivity contribution >= 4 is 0 Å². The maximum atomic E-state index is 9.98. The molecule has 0 saturated carbocycles. The third kappa shape index (κ3) is 0.819. The fourth-order valence-corrected chi connectivity index (χ4v) is 0.220. The Balaban J connectivity index is 3.28. The average molecular weight is 98.1 g/mol. The monoisotopic (exact) mass is 98.0 g/mol. The van der Waals surface area contributed by atoms with Gasteiger partial charge in [-0.2, -0.15) is 0 Å². The van der Waals surface area contributed by atoms with Gasteiger partial charge >= 0.3 is 5.63 Å². The second kappa shape index (κ2) is 1.51. The third-order valence-corrected chi connectivity index (χ3v) is 0.436. The fraction of sp³-hybridized carbons (Fsp3) is 0. The summed E-state index contributed by atoms with van der Waals surface area (Å²) in [6.07, 6.45) is 2.20. The summed E-state index contributed by atoms with van der Waals surface area (Å²) in [5.41, 5.74) is -0.525. The van der Waals surface area contributed by atoms with E-state index in [4.69, 9.17) is 0 Å². The highest BCUT2D eigenvalue weighted by Crippen LogP contribution is 1.55. The molecule has 1 heterocycles.